The molecule has 0 amide bonds. The topological polar surface area (TPSA) is 24.5 Å². The molecule has 1 saturated carbocycles. The number of hydrogen-bond acceptors (Lipinski definition) is 3. The number of benzene rings is 1. The molecule has 4 heteroatoms. The standard InChI is InChI=1S/C16H23FN2O/c1-20-14-7-3-6-13(15(14)17)16(12-4-2-5-12)19-10-8-18-9-11-19/h3,6-7,12,16,18H,2,4-5,8-11H2,1H3/t16-/m1/s1. The van der Waals surface area contributed by atoms with Crippen LogP contribution in [0.1, 0.15) is 30.9 Å². The number of methoxy groups -OCH3 is 1. The van der Waals surface area contributed by atoms with Gasteiger partial charge in [0.05, 0.1) is 7.11 Å². The van der Waals surface area contributed by atoms with Gasteiger partial charge in [-0.25, -0.2) is 4.39 Å². The first kappa shape index (κ1) is 13.8. The second-order valence-electron chi connectivity index (χ2n) is 5.79. The zero-order valence-corrected chi connectivity index (χ0v) is 12.1. The average Bonchev–Trinajstić information content (AvgIpc) is 2.44. The van der Waals surface area contributed by atoms with Gasteiger partial charge in [0.25, 0.3) is 0 Å². The lowest BCUT2D eigenvalue weighted by Gasteiger charge is -2.43. The summed E-state index contributed by atoms with van der Waals surface area (Å²) >= 11 is 0. The number of ether oxygens (including phenoxy) is 1. The van der Waals surface area contributed by atoms with Crippen molar-refractivity contribution in [1.82, 2.24) is 10.2 Å². The summed E-state index contributed by atoms with van der Waals surface area (Å²) in [6.07, 6.45) is 3.70. The first-order valence-corrected chi connectivity index (χ1v) is 7.58. The van der Waals surface area contributed by atoms with Gasteiger partial charge in [0.15, 0.2) is 11.6 Å². The highest BCUT2D eigenvalue weighted by Crippen LogP contribution is 2.43. The molecule has 1 aliphatic carbocycles. The van der Waals surface area contributed by atoms with Crippen LogP contribution < -0.4 is 10.1 Å². The van der Waals surface area contributed by atoms with Crippen LogP contribution in [0.2, 0.25) is 0 Å². The molecule has 0 aromatic heterocycles. The Morgan fingerprint density at radius 3 is 2.65 bits per heavy atom. The van der Waals surface area contributed by atoms with Crippen LogP contribution in [0.25, 0.3) is 0 Å². The van der Waals surface area contributed by atoms with E-state index in [4.69, 9.17) is 4.74 Å². The predicted molar refractivity (Wildman–Crippen MR) is 77.5 cm³/mol. The fraction of sp³-hybridized carbons (Fsp3) is 0.625. The van der Waals surface area contributed by atoms with Gasteiger partial charge in [0.2, 0.25) is 0 Å². The molecule has 1 aromatic rings. The van der Waals surface area contributed by atoms with Gasteiger partial charge in [0, 0.05) is 37.8 Å². The van der Waals surface area contributed by atoms with Crippen molar-refractivity contribution in [2.45, 2.75) is 25.3 Å². The molecule has 3 nitrogen and oxygen atoms in total. The molecule has 2 fully saturated rings. The highest BCUT2D eigenvalue weighted by atomic mass is 19.1. The monoisotopic (exact) mass is 278 g/mol. The summed E-state index contributed by atoms with van der Waals surface area (Å²) in [5.41, 5.74) is 0.816. The molecule has 1 aliphatic heterocycles. The minimum Gasteiger partial charge on any atom is -0.494 e. The summed E-state index contributed by atoms with van der Waals surface area (Å²) in [5.74, 6) is 0.780. The van der Waals surface area contributed by atoms with Crippen LogP contribution in [0.5, 0.6) is 5.75 Å². The Labute approximate surface area is 120 Å². The Hall–Kier alpha value is -1.13. The molecule has 0 bridgehead atoms. The van der Waals surface area contributed by atoms with Crippen molar-refractivity contribution in [1.29, 1.82) is 0 Å². The number of rotatable bonds is 4. The van der Waals surface area contributed by atoms with E-state index < -0.39 is 0 Å². The Balaban J connectivity index is 1.92. The lowest BCUT2D eigenvalue weighted by atomic mass is 9.76. The van der Waals surface area contributed by atoms with Gasteiger partial charge < -0.3 is 10.1 Å². The summed E-state index contributed by atoms with van der Waals surface area (Å²) in [7, 11) is 1.53. The van der Waals surface area contributed by atoms with E-state index in [0.29, 0.717) is 11.7 Å². The van der Waals surface area contributed by atoms with E-state index in [1.165, 1.54) is 26.4 Å². The normalized spacial score (nSPS) is 22.3. The van der Waals surface area contributed by atoms with Gasteiger partial charge in [-0.05, 0) is 24.8 Å². The average molecular weight is 278 g/mol. The van der Waals surface area contributed by atoms with Crippen molar-refractivity contribution in [3.8, 4) is 5.75 Å². The molecule has 1 atom stereocenters. The van der Waals surface area contributed by atoms with Gasteiger partial charge >= 0.3 is 0 Å². The number of piperazine rings is 1. The fourth-order valence-corrected chi connectivity index (χ4v) is 3.38. The van der Waals surface area contributed by atoms with Gasteiger partial charge in [0.1, 0.15) is 0 Å². The van der Waals surface area contributed by atoms with E-state index in [9.17, 15) is 4.39 Å². The van der Waals surface area contributed by atoms with E-state index >= 15 is 0 Å². The maximum Gasteiger partial charge on any atom is 0.169 e. The second-order valence-corrected chi connectivity index (χ2v) is 5.79. The first-order chi connectivity index (χ1) is 9.81. The molecular formula is C16H23FN2O. The highest BCUT2D eigenvalue weighted by molar-refractivity contribution is 5.33. The molecule has 1 N–H and O–H groups in total. The molecule has 3 rings (SSSR count). The summed E-state index contributed by atoms with van der Waals surface area (Å²) < 4.78 is 19.8. The lowest BCUT2D eigenvalue weighted by molar-refractivity contribution is 0.0808. The minimum atomic E-state index is -0.176. The maximum atomic E-state index is 14.6. The van der Waals surface area contributed by atoms with E-state index in [2.05, 4.69) is 10.2 Å². The van der Waals surface area contributed by atoms with E-state index in [-0.39, 0.29) is 11.9 Å². The zero-order chi connectivity index (χ0) is 13.9. The van der Waals surface area contributed by atoms with Crippen LogP contribution in [0.15, 0.2) is 18.2 Å². The molecule has 110 valence electrons. The van der Waals surface area contributed by atoms with E-state index in [1.807, 2.05) is 12.1 Å². The van der Waals surface area contributed by atoms with Crippen molar-refractivity contribution in [3.63, 3.8) is 0 Å². The third-order valence-corrected chi connectivity index (χ3v) is 4.67. The molecule has 0 spiro atoms. The molecule has 20 heavy (non-hydrogen) atoms. The molecular weight excluding hydrogens is 255 g/mol. The molecule has 1 heterocycles. The van der Waals surface area contributed by atoms with Crippen molar-refractivity contribution in [2.24, 2.45) is 5.92 Å². The van der Waals surface area contributed by atoms with Crippen molar-refractivity contribution >= 4 is 0 Å². The SMILES string of the molecule is COc1cccc([C@@H](C2CCC2)N2CCNCC2)c1F. The maximum absolute atomic E-state index is 14.6. The van der Waals surface area contributed by atoms with Gasteiger partial charge in [-0.1, -0.05) is 18.6 Å². The van der Waals surface area contributed by atoms with Crippen LogP contribution in [-0.2, 0) is 0 Å². The molecule has 0 unspecified atom stereocenters. The zero-order valence-electron chi connectivity index (χ0n) is 12.1. The number of halogens is 1. The van der Waals surface area contributed by atoms with Crippen LogP contribution in [0.4, 0.5) is 4.39 Å². The third kappa shape index (κ3) is 2.54. The highest BCUT2D eigenvalue weighted by Gasteiger charge is 2.35. The minimum absolute atomic E-state index is 0.176. The van der Waals surface area contributed by atoms with Crippen LogP contribution in [0, 0.1) is 11.7 Å². The van der Waals surface area contributed by atoms with Crippen LogP contribution >= 0.6 is 0 Å². The molecule has 1 aromatic carbocycles. The second kappa shape index (κ2) is 6.10. The van der Waals surface area contributed by atoms with Crippen molar-refractivity contribution in [2.75, 3.05) is 33.3 Å². The van der Waals surface area contributed by atoms with E-state index in [1.54, 1.807) is 6.07 Å². The fourth-order valence-electron chi connectivity index (χ4n) is 3.38. The quantitative estimate of drug-likeness (QED) is 0.916. The van der Waals surface area contributed by atoms with Crippen molar-refractivity contribution < 1.29 is 9.13 Å². The van der Waals surface area contributed by atoms with Gasteiger partial charge in [-0.15, -0.1) is 0 Å². The number of hydrogen-bond donors (Lipinski definition) is 1. The number of nitrogens with one attached hydrogen (secondary N) is 1. The molecule has 1 saturated heterocycles. The smallest absolute Gasteiger partial charge is 0.169 e. The van der Waals surface area contributed by atoms with Gasteiger partial charge in [-0.3, -0.25) is 4.90 Å². The van der Waals surface area contributed by atoms with Crippen LogP contribution in [0.3, 0.4) is 0 Å². The van der Waals surface area contributed by atoms with E-state index in [0.717, 1.165) is 31.7 Å². The molecule has 0 radical (unpaired) electrons. The Morgan fingerprint density at radius 1 is 1.30 bits per heavy atom. The summed E-state index contributed by atoms with van der Waals surface area (Å²) in [6.45, 7) is 3.99. The number of nitrogens with zero attached hydrogens (tertiary/aromatic N) is 1. The Morgan fingerprint density at radius 2 is 2.05 bits per heavy atom. The Kier molecular flexibility index (Phi) is 4.22. The summed E-state index contributed by atoms with van der Waals surface area (Å²) in [6, 6.07) is 5.75. The predicted octanol–water partition coefficient (Wildman–Crippen LogP) is 2.58. The molecule has 2 aliphatic rings. The Bertz CT molecular complexity index is 456. The summed E-state index contributed by atoms with van der Waals surface area (Å²) in [5, 5.41) is 3.37. The summed E-state index contributed by atoms with van der Waals surface area (Å²) in [4.78, 5) is 2.44. The first-order valence-electron chi connectivity index (χ1n) is 7.58. The van der Waals surface area contributed by atoms with Gasteiger partial charge in [-0.2, -0.15) is 0 Å². The van der Waals surface area contributed by atoms with Crippen molar-refractivity contribution in [3.05, 3.63) is 29.6 Å². The largest absolute Gasteiger partial charge is 0.494 e. The van der Waals surface area contributed by atoms with Crippen LogP contribution in [-0.4, -0.2) is 38.2 Å². The lowest BCUT2D eigenvalue weighted by Crippen LogP contribution is -2.48. The third-order valence-electron chi connectivity index (χ3n) is 4.67.